The Labute approximate surface area is 72.8 Å². The predicted molar refractivity (Wildman–Crippen MR) is 48.7 cm³/mol. The van der Waals surface area contributed by atoms with Crippen molar-refractivity contribution in [3.63, 3.8) is 0 Å². The molecule has 3 atom stereocenters. The van der Waals surface area contributed by atoms with Crippen molar-refractivity contribution >= 4 is 12.0 Å². The number of rotatable bonds is 1. The van der Waals surface area contributed by atoms with E-state index < -0.39 is 0 Å². The van der Waals surface area contributed by atoms with Gasteiger partial charge in [-0.05, 0) is 43.1 Å². The van der Waals surface area contributed by atoms with Crippen molar-refractivity contribution in [3.05, 3.63) is 0 Å². The van der Waals surface area contributed by atoms with E-state index in [9.17, 15) is 0 Å². The van der Waals surface area contributed by atoms with Gasteiger partial charge in [0, 0.05) is 5.25 Å². The maximum Gasteiger partial charge on any atom is 0.0311 e. The molecule has 2 fully saturated rings. The van der Waals surface area contributed by atoms with Crippen LogP contribution in [0.4, 0.5) is 0 Å². The van der Waals surface area contributed by atoms with Crippen molar-refractivity contribution in [2.24, 2.45) is 11.8 Å². The Morgan fingerprint density at radius 3 is 2.64 bits per heavy atom. The van der Waals surface area contributed by atoms with Crippen molar-refractivity contribution in [1.29, 1.82) is 0 Å². The fourth-order valence-electron chi connectivity index (χ4n) is 2.76. The topological polar surface area (TPSA) is 20.2 Å². The molecule has 2 aliphatic rings. The van der Waals surface area contributed by atoms with Crippen LogP contribution in [-0.4, -0.2) is 9.80 Å². The summed E-state index contributed by atoms with van der Waals surface area (Å²) in [5.74, 6) is 1.99. The molecule has 2 heteroatoms. The van der Waals surface area contributed by atoms with Crippen LogP contribution in [-0.2, 0) is 0 Å². The smallest absolute Gasteiger partial charge is 0.0311 e. The van der Waals surface area contributed by atoms with Crippen LogP contribution in [0.3, 0.4) is 0 Å². The van der Waals surface area contributed by atoms with Gasteiger partial charge in [-0.25, -0.2) is 0 Å². The Morgan fingerprint density at radius 2 is 1.82 bits per heavy atom. The first-order chi connectivity index (χ1) is 5.40. The Bertz CT molecular complexity index is 138. The van der Waals surface area contributed by atoms with Gasteiger partial charge in [0.15, 0.2) is 0 Å². The molecule has 0 aromatic rings. The van der Waals surface area contributed by atoms with Gasteiger partial charge in [-0.2, -0.15) is 0 Å². The summed E-state index contributed by atoms with van der Waals surface area (Å²) in [6, 6.07) is 0. The van der Waals surface area contributed by atoms with E-state index in [0.29, 0.717) is 5.25 Å². The standard InChI is InChI=1S/C9H16OS/c10-11-9-5-4-7-2-1-3-8(7)6-9/h7-10H,1-6H2. The van der Waals surface area contributed by atoms with Gasteiger partial charge in [0.05, 0.1) is 0 Å². The van der Waals surface area contributed by atoms with E-state index in [1.807, 2.05) is 0 Å². The minimum absolute atomic E-state index is 0.564. The number of fused-ring (bicyclic) bond motifs is 1. The van der Waals surface area contributed by atoms with Gasteiger partial charge < -0.3 is 4.55 Å². The molecule has 0 heterocycles. The highest BCUT2D eigenvalue weighted by Gasteiger charge is 2.33. The quantitative estimate of drug-likeness (QED) is 0.613. The molecule has 0 radical (unpaired) electrons. The molecule has 0 saturated heterocycles. The zero-order valence-electron chi connectivity index (χ0n) is 6.83. The third kappa shape index (κ3) is 1.57. The summed E-state index contributed by atoms with van der Waals surface area (Å²) in [6.45, 7) is 0. The molecule has 3 unspecified atom stereocenters. The third-order valence-corrected chi connectivity index (χ3v) is 4.12. The van der Waals surface area contributed by atoms with E-state index >= 15 is 0 Å². The van der Waals surface area contributed by atoms with Gasteiger partial charge in [-0.15, -0.1) is 0 Å². The summed E-state index contributed by atoms with van der Waals surface area (Å²) in [5, 5.41) is 0.564. The normalized spacial score (nSPS) is 43.9. The molecular weight excluding hydrogens is 156 g/mol. The second kappa shape index (κ2) is 3.36. The predicted octanol–water partition coefficient (Wildman–Crippen LogP) is 3.16. The Balaban J connectivity index is 1.91. The lowest BCUT2D eigenvalue weighted by atomic mass is 9.81. The molecule has 0 spiro atoms. The highest BCUT2D eigenvalue weighted by Crippen LogP contribution is 2.44. The lowest BCUT2D eigenvalue weighted by molar-refractivity contribution is 0.281. The van der Waals surface area contributed by atoms with Crippen LogP contribution in [0.1, 0.15) is 38.5 Å². The summed E-state index contributed by atoms with van der Waals surface area (Å²) in [7, 11) is 0. The monoisotopic (exact) mass is 172 g/mol. The summed E-state index contributed by atoms with van der Waals surface area (Å²) in [6.07, 6.45) is 8.25. The third-order valence-electron chi connectivity index (χ3n) is 3.39. The first-order valence-corrected chi connectivity index (χ1v) is 5.54. The second-order valence-electron chi connectivity index (χ2n) is 3.99. The largest absolute Gasteiger partial charge is 0.330 e. The summed E-state index contributed by atoms with van der Waals surface area (Å²) >= 11 is 1.09. The average Bonchev–Trinajstić information content (AvgIpc) is 2.50. The lowest BCUT2D eigenvalue weighted by Crippen LogP contribution is -2.21. The molecule has 1 nitrogen and oxygen atoms in total. The number of hydrogen-bond acceptors (Lipinski definition) is 2. The molecule has 2 rings (SSSR count). The van der Waals surface area contributed by atoms with Gasteiger partial charge in [-0.3, -0.25) is 0 Å². The molecule has 0 aromatic heterocycles. The first kappa shape index (κ1) is 7.93. The molecule has 2 saturated carbocycles. The van der Waals surface area contributed by atoms with Gasteiger partial charge in [-0.1, -0.05) is 19.3 Å². The minimum Gasteiger partial charge on any atom is -0.330 e. The lowest BCUT2D eigenvalue weighted by Gasteiger charge is -2.29. The highest BCUT2D eigenvalue weighted by molar-refractivity contribution is 7.94. The zero-order chi connectivity index (χ0) is 7.68. The molecular formula is C9H16OS. The molecule has 0 bridgehead atoms. The fraction of sp³-hybridized carbons (Fsp3) is 1.00. The van der Waals surface area contributed by atoms with E-state index in [2.05, 4.69) is 0 Å². The van der Waals surface area contributed by atoms with E-state index in [0.717, 1.165) is 23.9 Å². The minimum atomic E-state index is 0.564. The maximum atomic E-state index is 8.93. The van der Waals surface area contributed by atoms with E-state index in [4.69, 9.17) is 4.55 Å². The van der Waals surface area contributed by atoms with Gasteiger partial charge in [0.25, 0.3) is 0 Å². The van der Waals surface area contributed by atoms with Crippen LogP contribution in [0.25, 0.3) is 0 Å². The van der Waals surface area contributed by atoms with Crippen LogP contribution in [0.15, 0.2) is 0 Å². The summed E-state index contributed by atoms with van der Waals surface area (Å²) < 4.78 is 8.93. The van der Waals surface area contributed by atoms with Gasteiger partial charge in [0.1, 0.15) is 0 Å². The zero-order valence-corrected chi connectivity index (χ0v) is 7.65. The molecule has 2 aliphatic carbocycles. The SMILES string of the molecule is OSC1CCC2CCCC2C1. The van der Waals surface area contributed by atoms with Crippen LogP contribution >= 0.6 is 12.0 Å². The fourth-order valence-corrected chi connectivity index (χ4v) is 3.33. The maximum absolute atomic E-state index is 8.93. The summed E-state index contributed by atoms with van der Waals surface area (Å²) in [5.41, 5.74) is 0. The molecule has 0 amide bonds. The van der Waals surface area contributed by atoms with Crippen molar-refractivity contribution in [1.82, 2.24) is 0 Å². The summed E-state index contributed by atoms with van der Waals surface area (Å²) in [4.78, 5) is 0. The molecule has 64 valence electrons. The van der Waals surface area contributed by atoms with Gasteiger partial charge in [0.2, 0.25) is 0 Å². The van der Waals surface area contributed by atoms with Crippen molar-refractivity contribution in [2.45, 2.75) is 43.8 Å². The Hall–Kier alpha value is 0.310. The second-order valence-corrected chi connectivity index (χ2v) is 4.87. The average molecular weight is 172 g/mol. The van der Waals surface area contributed by atoms with E-state index in [1.165, 1.54) is 38.5 Å². The van der Waals surface area contributed by atoms with E-state index in [-0.39, 0.29) is 0 Å². The molecule has 11 heavy (non-hydrogen) atoms. The van der Waals surface area contributed by atoms with Crippen LogP contribution in [0.2, 0.25) is 0 Å². The van der Waals surface area contributed by atoms with Crippen molar-refractivity contribution in [2.75, 3.05) is 0 Å². The first-order valence-electron chi connectivity index (χ1n) is 4.70. The Kier molecular flexibility index (Phi) is 2.42. The van der Waals surface area contributed by atoms with Crippen molar-refractivity contribution < 1.29 is 4.55 Å². The molecule has 0 aliphatic heterocycles. The highest BCUT2D eigenvalue weighted by atomic mass is 32.2. The van der Waals surface area contributed by atoms with Crippen LogP contribution < -0.4 is 0 Å². The molecule has 0 aromatic carbocycles. The van der Waals surface area contributed by atoms with Crippen molar-refractivity contribution in [3.8, 4) is 0 Å². The van der Waals surface area contributed by atoms with Gasteiger partial charge >= 0.3 is 0 Å². The Morgan fingerprint density at radius 1 is 1.00 bits per heavy atom. The number of hydrogen-bond donors (Lipinski definition) is 1. The van der Waals surface area contributed by atoms with E-state index in [1.54, 1.807) is 0 Å². The molecule has 1 N–H and O–H groups in total. The van der Waals surface area contributed by atoms with Crippen LogP contribution in [0, 0.1) is 11.8 Å². The van der Waals surface area contributed by atoms with Crippen LogP contribution in [0.5, 0.6) is 0 Å².